The molecule has 0 unspecified atom stereocenters. The zero-order chi connectivity index (χ0) is 22.0. The van der Waals surface area contributed by atoms with Crippen LogP contribution in [0.1, 0.15) is 0 Å². The maximum absolute atomic E-state index is 2.34. The molecule has 0 amide bonds. The first-order valence-corrected chi connectivity index (χ1v) is 11.3. The fourth-order valence-corrected chi connectivity index (χ4v) is 4.67. The van der Waals surface area contributed by atoms with Crippen LogP contribution >= 0.6 is 0 Å². The normalized spacial score (nSPS) is 11.0. The van der Waals surface area contributed by atoms with Crippen molar-refractivity contribution >= 4 is 38.6 Å². The summed E-state index contributed by atoms with van der Waals surface area (Å²) in [6.07, 6.45) is 0. The lowest BCUT2D eigenvalue weighted by Crippen LogP contribution is -2.10. The summed E-state index contributed by atoms with van der Waals surface area (Å²) >= 11 is 0. The summed E-state index contributed by atoms with van der Waals surface area (Å²) in [6, 6.07) is 49.7. The summed E-state index contributed by atoms with van der Waals surface area (Å²) < 4.78 is 0. The number of hydrogen-bond acceptors (Lipinski definition) is 1. The topological polar surface area (TPSA) is 3.24 Å². The molecule has 6 aromatic rings. The molecule has 0 aliphatic heterocycles. The Morgan fingerprint density at radius 1 is 0.394 bits per heavy atom. The zero-order valence-corrected chi connectivity index (χ0v) is 18.2. The third-order valence-electron chi connectivity index (χ3n) is 6.23. The van der Waals surface area contributed by atoms with Gasteiger partial charge in [0.2, 0.25) is 0 Å². The van der Waals surface area contributed by atoms with Gasteiger partial charge in [-0.3, -0.25) is 0 Å². The number of para-hydroxylation sites is 2. The first kappa shape index (κ1) is 19.3. The molecular weight excluding hydrogens is 398 g/mol. The van der Waals surface area contributed by atoms with Crippen LogP contribution in [0.25, 0.3) is 32.7 Å². The molecule has 0 aliphatic rings. The molecule has 33 heavy (non-hydrogen) atoms. The van der Waals surface area contributed by atoms with E-state index in [1.807, 2.05) is 0 Å². The Kier molecular flexibility index (Phi) is 4.86. The fraction of sp³-hybridized carbons (Fsp3) is 0. The molecule has 0 heterocycles. The average molecular weight is 422 g/mol. The van der Waals surface area contributed by atoms with Gasteiger partial charge in [-0.05, 0) is 63.7 Å². The van der Waals surface area contributed by atoms with E-state index in [2.05, 4.69) is 144 Å². The molecule has 0 saturated heterocycles. The molecule has 0 N–H and O–H groups in total. The third-order valence-corrected chi connectivity index (χ3v) is 6.23. The van der Waals surface area contributed by atoms with E-state index in [-0.39, 0.29) is 0 Å². The van der Waals surface area contributed by atoms with Crippen LogP contribution in [0, 0.1) is 0 Å². The van der Waals surface area contributed by atoms with Crippen LogP contribution in [0.4, 0.5) is 17.1 Å². The van der Waals surface area contributed by atoms with E-state index in [1.165, 1.54) is 38.4 Å². The van der Waals surface area contributed by atoms with Gasteiger partial charge < -0.3 is 4.90 Å². The van der Waals surface area contributed by atoms with Crippen molar-refractivity contribution in [2.75, 3.05) is 4.90 Å². The van der Waals surface area contributed by atoms with Crippen LogP contribution in [0.2, 0.25) is 0 Å². The van der Waals surface area contributed by atoms with Crippen molar-refractivity contribution in [1.29, 1.82) is 0 Å². The minimum atomic E-state index is 1.15. The Labute approximate surface area is 194 Å². The summed E-state index contributed by atoms with van der Waals surface area (Å²) in [7, 11) is 0. The predicted octanol–water partition coefficient (Wildman–Crippen LogP) is 9.13. The molecule has 6 aromatic carbocycles. The van der Waals surface area contributed by atoms with E-state index in [0.29, 0.717) is 0 Å². The maximum atomic E-state index is 2.34. The van der Waals surface area contributed by atoms with E-state index in [1.54, 1.807) is 0 Å². The minimum Gasteiger partial charge on any atom is -0.310 e. The fourth-order valence-electron chi connectivity index (χ4n) is 4.67. The molecule has 1 heteroatoms. The van der Waals surface area contributed by atoms with Gasteiger partial charge in [-0.25, -0.2) is 0 Å². The highest BCUT2D eigenvalue weighted by molar-refractivity contribution is 6.07. The SMILES string of the molecule is c1ccc(N(c2ccccc2)c2ccc(-c3ccc4ccccc4c3)c3ccccc23)cc1. The predicted molar refractivity (Wildman–Crippen MR) is 142 cm³/mol. The van der Waals surface area contributed by atoms with Crippen LogP contribution in [0.5, 0.6) is 0 Å². The quantitative estimate of drug-likeness (QED) is 0.274. The molecular formula is C32H23N. The Morgan fingerprint density at radius 2 is 0.970 bits per heavy atom. The number of anilines is 3. The number of benzene rings is 6. The first-order chi connectivity index (χ1) is 16.4. The van der Waals surface area contributed by atoms with Gasteiger partial charge in [0.1, 0.15) is 0 Å². The molecule has 0 saturated carbocycles. The smallest absolute Gasteiger partial charge is 0.0540 e. The molecule has 0 atom stereocenters. The summed E-state index contributed by atoms with van der Waals surface area (Å²) in [4.78, 5) is 2.34. The number of nitrogens with zero attached hydrogens (tertiary/aromatic N) is 1. The molecule has 156 valence electrons. The van der Waals surface area contributed by atoms with E-state index in [4.69, 9.17) is 0 Å². The van der Waals surface area contributed by atoms with E-state index in [9.17, 15) is 0 Å². The number of rotatable bonds is 4. The van der Waals surface area contributed by atoms with E-state index < -0.39 is 0 Å². The van der Waals surface area contributed by atoms with Gasteiger partial charge >= 0.3 is 0 Å². The van der Waals surface area contributed by atoms with E-state index in [0.717, 1.165) is 11.4 Å². The lowest BCUT2D eigenvalue weighted by molar-refractivity contribution is 1.30. The van der Waals surface area contributed by atoms with Crippen molar-refractivity contribution in [3.05, 3.63) is 140 Å². The van der Waals surface area contributed by atoms with Crippen LogP contribution in [-0.4, -0.2) is 0 Å². The van der Waals surface area contributed by atoms with Gasteiger partial charge in [0, 0.05) is 16.8 Å². The van der Waals surface area contributed by atoms with Crippen molar-refractivity contribution in [3.8, 4) is 11.1 Å². The number of hydrogen-bond donors (Lipinski definition) is 0. The second-order valence-electron chi connectivity index (χ2n) is 8.25. The molecule has 1 nitrogen and oxygen atoms in total. The Morgan fingerprint density at radius 3 is 1.67 bits per heavy atom. The lowest BCUT2D eigenvalue weighted by atomic mass is 9.95. The summed E-state index contributed by atoms with van der Waals surface area (Å²) in [5, 5.41) is 5.01. The van der Waals surface area contributed by atoms with Gasteiger partial charge in [0.25, 0.3) is 0 Å². The Hall–Kier alpha value is -4.36. The van der Waals surface area contributed by atoms with Crippen LogP contribution in [-0.2, 0) is 0 Å². The van der Waals surface area contributed by atoms with Gasteiger partial charge in [-0.2, -0.15) is 0 Å². The summed E-state index contributed by atoms with van der Waals surface area (Å²) in [6.45, 7) is 0. The summed E-state index contributed by atoms with van der Waals surface area (Å²) in [5.74, 6) is 0. The van der Waals surface area contributed by atoms with Crippen LogP contribution < -0.4 is 4.90 Å². The third kappa shape index (κ3) is 3.54. The standard InChI is InChI=1S/C32H23N/c1-3-13-27(14-4-1)33(28-15-5-2-6-16-28)32-22-21-29(30-17-9-10-18-31(30)32)26-20-19-24-11-7-8-12-25(24)23-26/h1-23H. The number of fused-ring (bicyclic) bond motifs is 2. The van der Waals surface area contributed by atoms with Gasteiger partial charge in [0.05, 0.1) is 5.69 Å². The van der Waals surface area contributed by atoms with E-state index >= 15 is 0 Å². The van der Waals surface area contributed by atoms with Crippen LogP contribution in [0.3, 0.4) is 0 Å². The van der Waals surface area contributed by atoms with Crippen molar-refractivity contribution in [2.24, 2.45) is 0 Å². The largest absolute Gasteiger partial charge is 0.310 e. The molecule has 6 rings (SSSR count). The van der Waals surface area contributed by atoms with Crippen molar-refractivity contribution < 1.29 is 0 Å². The Bertz CT molecular complexity index is 1510. The van der Waals surface area contributed by atoms with Crippen molar-refractivity contribution in [1.82, 2.24) is 0 Å². The lowest BCUT2D eigenvalue weighted by Gasteiger charge is -2.27. The second kappa shape index (κ2) is 8.29. The van der Waals surface area contributed by atoms with Crippen LogP contribution in [0.15, 0.2) is 140 Å². The molecule has 0 fully saturated rings. The van der Waals surface area contributed by atoms with Gasteiger partial charge in [0.15, 0.2) is 0 Å². The van der Waals surface area contributed by atoms with Gasteiger partial charge in [-0.15, -0.1) is 0 Å². The minimum absolute atomic E-state index is 1.15. The molecule has 0 bridgehead atoms. The first-order valence-electron chi connectivity index (χ1n) is 11.3. The average Bonchev–Trinajstić information content (AvgIpc) is 2.90. The highest BCUT2D eigenvalue weighted by atomic mass is 15.1. The maximum Gasteiger partial charge on any atom is 0.0540 e. The van der Waals surface area contributed by atoms with Crippen molar-refractivity contribution in [3.63, 3.8) is 0 Å². The zero-order valence-electron chi connectivity index (χ0n) is 18.2. The van der Waals surface area contributed by atoms with Gasteiger partial charge in [-0.1, -0.05) is 103 Å². The highest BCUT2D eigenvalue weighted by Crippen LogP contribution is 2.41. The highest BCUT2D eigenvalue weighted by Gasteiger charge is 2.16. The molecule has 0 aliphatic carbocycles. The summed E-state index contributed by atoms with van der Waals surface area (Å²) in [5.41, 5.74) is 5.95. The van der Waals surface area contributed by atoms with Crippen molar-refractivity contribution in [2.45, 2.75) is 0 Å². The Balaban J connectivity index is 1.58. The molecule has 0 radical (unpaired) electrons. The monoisotopic (exact) mass is 421 g/mol. The molecule has 0 spiro atoms. The molecule has 0 aromatic heterocycles. The second-order valence-corrected chi connectivity index (χ2v) is 8.25.